The molecule has 0 aliphatic heterocycles. The van der Waals surface area contributed by atoms with Crippen molar-refractivity contribution < 1.29 is 8.78 Å². The van der Waals surface area contributed by atoms with Gasteiger partial charge in [0.15, 0.2) is 11.6 Å². The summed E-state index contributed by atoms with van der Waals surface area (Å²) >= 11 is 1.68. The highest BCUT2D eigenvalue weighted by molar-refractivity contribution is 7.26. The molecule has 0 saturated heterocycles. The summed E-state index contributed by atoms with van der Waals surface area (Å²) in [6, 6.07) is 53.7. The van der Waals surface area contributed by atoms with Crippen LogP contribution < -0.4 is 0 Å². The Balaban J connectivity index is 1.26. The van der Waals surface area contributed by atoms with E-state index in [1.807, 2.05) is 66.7 Å². The van der Waals surface area contributed by atoms with Crippen LogP contribution in [0.1, 0.15) is 0 Å². The fourth-order valence-corrected chi connectivity index (χ4v) is 9.40. The van der Waals surface area contributed by atoms with Crippen LogP contribution in [0.2, 0.25) is 0 Å². The lowest BCUT2D eigenvalue weighted by Crippen LogP contribution is -2.05. The van der Waals surface area contributed by atoms with Gasteiger partial charge in [0.05, 0.1) is 27.8 Å². The molecule has 11 aromatic rings. The van der Waals surface area contributed by atoms with Gasteiger partial charge in [0.25, 0.3) is 0 Å². The highest BCUT2D eigenvalue weighted by Crippen LogP contribution is 2.46. The lowest BCUT2D eigenvalue weighted by Gasteiger charge is -2.16. The number of imidazole rings is 1. The van der Waals surface area contributed by atoms with E-state index in [4.69, 9.17) is 4.98 Å². The maximum Gasteiger partial charge on any atom is 0.150 e. The Hall–Kier alpha value is -6.63. The predicted molar refractivity (Wildman–Crippen MR) is 217 cm³/mol. The van der Waals surface area contributed by atoms with Crippen LogP contribution in [0.5, 0.6) is 0 Å². The Morgan fingerprint density at radius 2 is 1.13 bits per heavy atom. The minimum absolute atomic E-state index is 0.153. The van der Waals surface area contributed by atoms with Crippen molar-refractivity contribution in [3.63, 3.8) is 0 Å². The van der Waals surface area contributed by atoms with E-state index in [9.17, 15) is 0 Å². The zero-order chi connectivity index (χ0) is 35.2. The molecule has 3 aromatic heterocycles. The quantitative estimate of drug-likeness (QED) is 0.179. The highest BCUT2D eigenvalue weighted by atomic mass is 32.1. The molecule has 0 unspecified atom stereocenters. The van der Waals surface area contributed by atoms with Crippen molar-refractivity contribution in [2.24, 2.45) is 0 Å². The van der Waals surface area contributed by atoms with Crippen LogP contribution in [-0.2, 0) is 0 Å². The number of aromatic nitrogens is 3. The van der Waals surface area contributed by atoms with Crippen LogP contribution in [0.25, 0.3) is 97.7 Å². The molecule has 6 heteroatoms. The Bertz CT molecular complexity index is 3190. The second-order valence-corrected chi connectivity index (χ2v) is 14.4. The number of hydrogen-bond acceptors (Lipinski definition) is 2. The molecule has 0 bridgehead atoms. The minimum Gasteiger partial charge on any atom is -0.309 e. The number of nitrogens with zero attached hydrogens (tertiary/aromatic N) is 3. The molecule has 53 heavy (non-hydrogen) atoms. The van der Waals surface area contributed by atoms with Crippen LogP contribution in [-0.4, -0.2) is 14.1 Å². The van der Waals surface area contributed by atoms with Crippen molar-refractivity contribution in [1.29, 1.82) is 0 Å². The maximum absolute atomic E-state index is 16.7. The lowest BCUT2D eigenvalue weighted by molar-refractivity contribution is 0.572. The van der Waals surface area contributed by atoms with Crippen molar-refractivity contribution in [1.82, 2.24) is 14.1 Å². The second-order valence-electron chi connectivity index (χ2n) is 13.4. The summed E-state index contributed by atoms with van der Waals surface area (Å²) in [7, 11) is 0. The van der Waals surface area contributed by atoms with E-state index < -0.39 is 11.6 Å². The Morgan fingerprint density at radius 1 is 0.509 bits per heavy atom. The number of fused-ring (bicyclic) bond motifs is 9. The van der Waals surface area contributed by atoms with Gasteiger partial charge < -0.3 is 4.57 Å². The van der Waals surface area contributed by atoms with Crippen molar-refractivity contribution in [3.05, 3.63) is 175 Å². The third kappa shape index (κ3) is 4.39. The summed E-state index contributed by atoms with van der Waals surface area (Å²) in [5.74, 6) is -0.842. The van der Waals surface area contributed by atoms with E-state index in [-0.39, 0.29) is 5.69 Å². The standard InChI is InChI=1S/C47H27F2N3S/c48-36-26-30(28-12-2-1-3-13-28)27-37(49)45(36)52-44-31-15-5-4-14-29(31)22-24-38(44)50-47(52)35-23-25-41(43-34-18-8-11-21-42(34)53-46(35)43)51-39-19-9-6-16-32(39)33-17-7-10-20-40(33)51/h1-27H. The summed E-state index contributed by atoms with van der Waals surface area (Å²) in [5, 5.41) is 6.37. The second kappa shape index (κ2) is 11.4. The maximum atomic E-state index is 16.7. The molecule has 0 aliphatic rings. The normalized spacial score (nSPS) is 12.0. The van der Waals surface area contributed by atoms with E-state index in [1.54, 1.807) is 15.9 Å². The Labute approximate surface area is 306 Å². The molecule has 11 rings (SSSR count). The first kappa shape index (κ1) is 30.0. The number of para-hydroxylation sites is 2. The molecule has 0 spiro atoms. The fraction of sp³-hybridized carbons (Fsp3) is 0. The third-order valence-corrected chi connectivity index (χ3v) is 11.7. The zero-order valence-corrected chi connectivity index (χ0v) is 28.9. The van der Waals surface area contributed by atoms with E-state index in [2.05, 4.69) is 89.5 Å². The first-order chi connectivity index (χ1) is 26.1. The first-order valence-corrected chi connectivity index (χ1v) is 18.3. The molecule has 0 amide bonds. The average Bonchev–Trinajstić information content (AvgIpc) is 3.88. The topological polar surface area (TPSA) is 22.8 Å². The number of halogens is 2. The molecule has 0 radical (unpaired) electrons. The van der Waals surface area contributed by atoms with Crippen LogP contribution >= 0.6 is 11.3 Å². The van der Waals surface area contributed by atoms with Crippen molar-refractivity contribution >= 4 is 75.1 Å². The molecule has 250 valence electrons. The molecule has 0 aliphatic carbocycles. The monoisotopic (exact) mass is 703 g/mol. The lowest BCUT2D eigenvalue weighted by atomic mass is 10.0. The smallest absolute Gasteiger partial charge is 0.150 e. The first-order valence-electron chi connectivity index (χ1n) is 17.5. The Morgan fingerprint density at radius 3 is 1.87 bits per heavy atom. The largest absolute Gasteiger partial charge is 0.309 e. The van der Waals surface area contributed by atoms with Gasteiger partial charge >= 0.3 is 0 Å². The highest BCUT2D eigenvalue weighted by Gasteiger charge is 2.26. The molecule has 0 saturated carbocycles. The summed E-state index contributed by atoms with van der Waals surface area (Å²) in [6.45, 7) is 0. The van der Waals surface area contributed by atoms with Gasteiger partial charge in [0.2, 0.25) is 0 Å². The van der Waals surface area contributed by atoms with E-state index in [0.717, 1.165) is 58.8 Å². The average molecular weight is 704 g/mol. The van der Waals surface area contributed by atoms with Gasteiger partial charge in [0, 0.05) is 41.9 Å². The molecule has 0 atom stereocenters. The van der Waals surface area contributed by atoms with Gasteiger partial charge in [-0.25, -0.2) is 13.8 Å². The van der Waals surface area contributed by atoms with Crippen LogP contribution in [0.15, 0.2) is 164 Å². The van der Waals surface area contributed by atoms with Crippen molar-refractivity contribution in [2.75, 3.05) is 0 Å². The van der Waals surface area contributed by atoms with Crippen LogP contribution in [0.3, 0.4) is 0 Å². The molecule has 8 aromatic carbocycles. The molecule has 0 N–H and O–H groups in total. The van der Waals surface area contributed by atoms with E-state index >= 15 is 8.78 Å². The SMILES string of the molecule is Fc1cc(-c2ccccc2)cc(F)c1-n1c(-c2ccc(-n3c4ccccc4c4ccccc43)c3c2sc2ccccc23)nc2ccc3ccccc3c21. The van der Waals surface area contributed by atoms with Crippen molar-refractivity contribution in [3.8, 4) is 33.9 Å². The fourth-order valence-electron chi connectivity index (χ4n) is 8.17. The minimum atomic E-state index is -0.660. The molecule has 0 fully saturated rings. The summed E-state index contributed by atoms with van der Waals surface area (Å²) in [6.07, 6.45) is 0. The predicted octanol–water partition coefficient (Wildman–Crippen LogP) is 13.3. The van der Waals surface area contributed by atoms with E-state index in [0.29, 0.717) is 22.4 Å². The number of rotatable bonds is 4. The van der Waals surface area contributed by atoms with Gasteiger partial charge in [-0.05, 0) is 65.0 Å². The van der Waals surface area contributed by atoms with E-state index in [1.165, 1.54) is 22.9 Å². The van der Waals surface area contributed by atoms with Crippen LogP contribution in [0, 0.1) is 11.6 Å². The zero-order valence-electron chi connectivity index (χ0n) is 28.1. The number of thiophene rings is 1. The van der Waals surface area contributed by atoms with Gasteiger partial charge in [-0.2, -0.15) is 0 Å². The van der Waals surface area contributed by atoms with Crippen molar-refractivity contribution in [2.45, 2.75) is 0 Å². The molecular formula is C47H27F2N3S. The third-order valence-electron chi connectivity index (χ3n) is 10.5. The summed E-state index contributed by atoms with van der Waals surface area (Å²) < 4.78 is 39.6. The van der Waals surface area contributed by atoms with Gasteiger partial charge in [-0.15, -0.1) is 11.3 Å². The van der Waals surface area contributed by atoms with Gasteiger partial charge in [-0.1, -0.05) is 115 Å². The number of hydrogen-bond donors (Lipinski definition) is 0. The molecule has 3 heterocycles. The van der Waals surface area contributed by atoms with Crippen LogP contribution in [0.4, 0.5) is 8.78 Å². The van der Waals surface area contributed by atoms with Gasteiger partial charge in [0.1, 0.15) is 11.5 Å². The molecule has 3 nitrogen and oxygen atoms in total. The number of benzene rings is 8. The Kier molecular flexibility index (Phi) is 6.48. The summed E-state index contributed by atoms with van der Waals surface area (Å²) in [4.78, 5) is 5.21. The summed E-state index contributed by atoms with van der Waals surface area (Å²) in [5.41, 5.74) is 6.44. The molecular weight excluding hydrogens is 677 g/mol. The van der Waals surface area contributed by atoms with Gasteiger partial charge in [-0.3, -0.25) is 4.57 Å².